The van der Waals surface area contributed by atoms with Crippen molar-refractivity contribution < 1.29 is 36.2 Å². The highest BCUT2D eigenvalue weighted by Crippen LogP contribution is 2.27. The maximum Gasteiger partial charge on any atom is 0.573 e. The topological polar surface area (TPSA) is 83.9 Å². The molecule has 0 saturated carbocycles. The molecule has 1 saturated heterocycles. The van der Waals surface area contributed by atoms with Crippen LogP contribution in [0.1, 0.15) is 12.8 Å². The third-order valence-corrected chi connectivity index (χ3v) is 5.31. The lowest BCUT2D eigenvalue weighted by Crippen LogP contribution is -2.42. The van der Waals surface area contributed by atoms with Crippen LogP contribution in [0.15, 0.2) is 29.2 Å². The second-order valence-electron chi connectivity index (χ2n) is 5.06. The zero-order chi connectivity index (χ0) is 17.3. The summed E-state index contributed by atoms with van der Waals surface area (Å²) in [4.78, 5) is 10.8. The molecule has 2 rings (SSSR count). The molecule has 23 heavy (non-hydrogen) atoms. The average molecular weight is 353 g/mol. The van der Waals surface area contributed by atoms with Gasteiger partial charge in [0.15, 0.2) is 0 Å². The van der Waals surface area contributed by atoms with E-state index in [0.717, 1.165) is 28.6 Å². The standard InChI is InChI=1S/C13H14F3NO5S/c14-13(15,16)22-10-3-5-11(6-4-10)23(20,21)17-7-1-2-9(8-17)12(18)19/h3-6,9H,1-2,7-8H2,(H,18,19)/t9-/m0/s1. The maximum atomic E-state index is 12.4. The first-order chi connectivity index (χ1) is 10.6. The van der Waals surface area contributed by atoms with E-state index in [9.17, 15) is 26.4 Å². The summed E-state index contributed by atoms with van der Waals surface area (Å²) in [5.41, 5.74) is 0. The fourth-order valence-corrected chi connectivity index (χ4v) is 3.85. The molecule has 128 valence electrons. The summed E-state index contributed by atoms with van der Waals surface area (Å²) in [5, 5.41) is 8.99. The molecule has 1 aromatic carbocycles. The van der Waals surface area contributed by atoms with Crippen LogP contribution in [0.5, 0.6) is 5.75 Å². The molecule has 0 aromatic heterocycles. The molecule has 1 aliphatic heterocycles. The quantitative estimate of drug-likeness (QED) is 0.896. The molecule has 10 heteroatoms. The molecule has 1 atom stereocenters. The van der Waals surface area contributed by atoms with Crippen LogP contribution >= 0.6 is 0 Å². The van der Waals surface area contributed by atoms with E-state index in [1.54, 1.807) is 0 Å². The zero-order valence-corrected chi connectivity index (χ0v) is 12.6. The van der Waals surface area contributed by atoms with Crippen LogP contribution < -0.4 is 4.74 Å². The predicted molar refractivity (Wildman–Crippen MR) is 72.2 cm³/mol. The fraction of sp³-hybridized carbons (Fsp3) is 0.462. The number of halogens is 3. The molecule has 0 amide bonds. The van der Waals surface area contributed by atoms with E-state index in [0.29, 0.717) is 12.8 Å². The largest absolute Gasteiger partial charge is 0.573 e. The second kappa shape index (κ2) is 6.36. The summed E-state index contributed by atoms with van der Waals surface area (Å²) in [5.74, 6) is -2.39. The Kier molecular flexibility index (Phi) is 4.85. The highest BCUT2D eigenvalue weighted by Gasteiger charge is 2.34. The normalized spacial score (nSPS) is 20.2. The van der Waals surface area contributed by atoms with E-state index >= 15 is 0 Å². The Labute approximate surface area is 130 Å². The number of alkyl halides is 3. The number of carboxylic acid groups (broad SMARTS) is 1. The van der Waals surface area contributed by atoms with Gasteiger partial charge in [-0.15, -0.1) is 13.2 Å². The summed E-state index contributed by atoms with van der Waals surface area (Å²) in [6, 6.07) is 3.81. The van der Waals surface area contributed by atoms with E-state index < -0.39 is 34.0 Å². The summed E-state index contributed by atoms with van der Waals surface area (Å²) >= 11 is 0. The number of carbonyl (C=O) groups is 1. The van der Waals surface area contributed by atoms with Gasteiger partial charge in [0.25, 0.3) is 0 Å². The first-order valence-corrected chi connectivity index (χ1v) is 8.12. The van der Waals surface area contributed by atoms with Gasteiger partial charge < -0.3 is 9.84 Å². The molecule has 0 bridgehead atoms. The number of benzene rings is 1. The van der Waals surface area contributed by atoms with Crippen molar-refractivity contribution in [2.45, 2.75) is 24.1 Å². The van der Waals surface area contributed by atoms with E-state index in [1.807, 2.05) is 0 Å². The van der Waals surface area contributed by atoms with Crippen molar-refractivity contribution in [3.8, 4) is 5.75 Å². The number of piperidine rings is 1. The molecule has 1 fully saturated rings. The Balaban J connectivity index is 2.17. The van der Waals surface area contributed by atoms with Crippen LogP contribution in [0.4, 0.5) is 13.2 Å². The number of sulfonamides is 1. The van der Waals surface area contributed by atoms with Gasteiger partial charge in [0.05, 0.1) is 10.8 Å². The van der Waals surface area contributed by atoms with Gasteiger partial charge in [-0.1, -0.05) is 0 Å². The van der Waals surface area contributed by atoms with Crippen molar-refractivity contribution in [1.29, 1.82) is 0 Å². The lowest BCUT2D eigenvalue weighted by molar-refractivity contribution is -0.274. The van der Waals surface area contributed by atoms with Crippen LogP contribution in [-0.2, 0) is 14.8 Å². The minimum Gasteiger partial charge on any atom is -0.481 e. The summed E-state index contributed by atoms with van der Waals surface area (Å²) in [6.07, 6.45) is -4.06. The molecule has 1 heterocycles. The number of nitrogens with zero attached hydrogens (tertiary/aromatic N) is 1. The number of rotatable bonds is 4. The number of ether oxygens (including phenoxy) is 1. The monoisotopic (exact) mass is 353 g/mol. The van der Waals surface area contributed by atoms with Gasteiger partial charge in [-0.3, -0.25) is 4.79 Å². The molecule has 0 aliphatic carbocycles. The van der Waals surface area contributed by atoms with E-state index in [-0.39, 0.29) is 18.0 Å². The van der Waals surface area contributed by atoms with Crippen molar-refractivity contribution >= 4 is 16.0 Å². The highest BCUT2D eigenvalue weighted by atomic mass is 32.2. The molecule has 0 radical (unpaired) electrons. The smallest absolute Gasteiger partial charge is 0.481 e. The van der Waals surface area contributed by atoms with Gasteiger partial charge in [0, 0.05) is 13.1 Å². The number of carboxylic acids is 1. The van der Waals surface area contributed by atoms with Crippen molar-refractivity contribution in [1.82, 2.24) is 4.31 Å². The van der Waals surface area contributed by atoms with E-state index in [2.05, 4.69) is 4.74 Å². The van der Waals surface area contributed by atoms with Crippen LogP contribution in [0.2, 0.25) is 0 Å². The molecule has 6 nitrogen and oxygen atoms in total. The van der Waals surface area contributed by atoms with E-state index in [4.69, 9.17) is 5.11 Å². The first kappa shape index (κ1) is 17.5. The van der Waals surface area contributed by atoms with Gasteiger partial charge in [0.2, 0.25) is 10.0 Å². The van der Waals surface area contributed by atoms with Crippen molar-refractivity contribution in [2.24, 2.45) is 5.92 Å². The maximum absolute atomic E-state index is 12.4. The van der Waals surface area contributed by atoms with Crippen molar-refractivity contribution in [3.63, 3.8) is 0 Å². The summed E-state index contributed by atoms with van der Waals surface area (Å²) < 4.78 is 65.8. The molecule has 0 spiro atoms. The Morgan fingerprint density at radius 1 is 1.26 bits per heavy atom. The molecule has 1 N–H and O–H groups in total. The summed E-state index contributed by atoms with van der Waals surface area (Å²) in [6.45, 7) is 0.0192. The van der Waals surface area contributed by atoms with Crippen LogP contribution in [0, 0.1) is 5.92 Å². The third-order valence-electron chi connectivity index (χ3n) is 3.43. The van der Waals surface area contributed by atoms with Crippen molar-refractivity contribution in [3.05, 3.63) is 24.3 Å². The fourth-order valence-electron chi connectivity index (χ4n) is 2.32. The molecular formula is C13H14F3NO5S. The zero-order valence-electron chi connectivity index (χ0n) is 11.8. The summed E-state index contributed by atoms with van der Waals surface area (Å²) in [7, 11) is -3.96. The SMILES string of the molecule is O=C(O)[C@H]1CCCN(S(=O)(=O)c2ccc(OC(F)(F)F)cc2)C1. The third kappa shape index (κ3) is 4.35. The second-order valence-corrected chi connectivity index (χ2v) is 7.00. The van der Waals surface area contributed by atoms with E-state index in [1.165, 1.54) is 0 Å². The first-order valence-electron chi connectivity index (χ1n) is 6.68. The highest BCUT2D eigenvalue weighted by molar-refractivity contribution is 7.89. The predicted octanol–water partition coefficient (Wildman–Crippen LogP) is 2.07. The van der Waals surface area contributed by atoms with Crippen molar-refractivity contribution in [2.75, 3.05) is 13.1 Å². The Hall–Kier alpha value is -1.81. The van der Waals surface area contributed by atoms with Gasteiger partial charge in [-0.05, 0) is 37.1 Å². The minimum absolute atomic E-state index is 0.154. The molecule has 1 aliphatic rings. The van der Waals surface area contributed by atoms with Crippen LogP contribution in [-0.4, -0.2) is 43.3 Å². The average Bonchev–Trinajstić information content (AvgIpc) is 2.46. The van der Waals surface area contributed by atoms with Gasteiger partial charge in [-0.2, -0.15) is 4.31 Å². The Morgan fingerprint density at radius 2 is 1.87 bits per heavy atom. The number of hydrogen-bond donors (Lipinski definition) is 1. The minimum atomic E-state index is -4.86. The Bertz CT molecular complexity index is 672. The Morgan fingerprint density at radius 3 is 2.39 bits per heavy atom. The molecule has 1 aromatic rings. The van der Waals surface area contributed by atoms with Gasteiger partial charge in [-0.25, -0.2) is 8.42 Å². The molecular weight excluding hydrogens is 339 g/mol. The lowest BCUT2D eigenvalue weighted by atomic mass is 10.0. The van der Waals surface area contributed by atoms with Crippen LogP contribution in [0.25, 0.3) is 0 Å². The van der Waals surface area contributed by atoms with Gasteiger partial charge >= 0.3 is 12.3 Å². The number of aliphatic carboxylic acids is 1. The van der Waals surface area contributed by atoms with Gasteiger partial charge in [0.1, 0.15) is 5.75 Å². The van der Waals surface area contributed by atoms with Crippen LogP contribution in [0.3, 0.4) is 0 Å². The number of hydrogen-bond acceptors (Lipinski definition) is 4. The lowest BCUT2D eigenvalue weighted by Gasteiger charge is -2.29. The molecule has 0 unspecified atom stereocenters.